The molecule has 3 rings (SSSR count). The summed E-state index contributed by atoms with van der Waals surface area (Å²) in [5.41, 5.74) is -0.733. The largest absolute Gasteiger partial charge is 0.506 e. The average molecular weight is 397 g/mol. The van der Waals surface area contributed by atoms with Crippen LogP contribution >= 0.6 is 0 Å². The molecule has 0 bridgehead atoms. The lowest BCUT2D eigenvalue weighted by Crippen LogP contribution is -2.30. The van der Waals surface area contributed by atoms with Crippen molar-refractivity contribution in [3.8, 4) is 5.75 Å². The van der Waals surface area contributed by atoms with Gasteiger partial charge in [0.05, 0.1) is 5.60 Å². The Kier molecular flexibility index (Phi) is 4.64. The summed E-state index contributed by atoms with van der Waals surface area (Å²) in [5.74, 6) is -2.33. The highest BCUT2D eigenvalue weighted by Gasteiger charge is 2.37. The number of nitrogens with one attached hydrogen (secondary N) is 2. The van der Waals surface area contributed by atoms with Crippen molar-refractivity contribution in [1.82, 2.24) is 4.72 Å². The molecule has 0 aromatic heterocycles. The monoisotopic (exact) mass is 397 g/mol. The van der Waals surface area contributed by atoms with Crippen LogP contribution in [0.4, 0.5) is 15.8 Å². The maximum atomic E-state index is 14.9. The summed E-state index contributed by atoms with van der Waals surface area (Å²) in [6.07, 6.45) is 0.497. The fourth-order valence-electron chi connectivity index (χ4n) is 2.84. The van der Waals surface area contributed by atoms with E-state index in [2.05, 4.69) is 5.32 Å². The van der Waals surface area contributed by atoms with Crippen molar-refractivity contribution < 1.29 is 27.8 Å². The van der Waals surface area contributed by atoms with Crippen molar-refractivity contribution in [1.29, 1.82) is 0 Å². The highest BCUT2D eigenvalue weighted by atomic mass is 32.2. The van der Waals surface area contributed by atoms with Crippen LogP contribution in [-0.4, -0.2) is 43.2 Å². The number of hydrogen-bond acceptors (Lipinski definition) is 6. The van der Waals surface area contributed by atoms with Gasteiger partial charge < -0.3 is 15.5 Å². The van der Waals surface area contributed by atoms with E-state index in [-0.39, 0.29) is 5.39 Å². The van der Waals surface area contributed by atoms with Crippen molar-refractivity contribution in [2.24, 2.45) is 0 Å². The molecule has 1 aliphatic rings. The minimum Gasteiger partial charge on any atom is -0.506 e. The van der Waals surface area contributed by atoms with E-state index in [0.29, 0.717) is 28.3 Å². The van der Waals surface area contributed by atoms with Crippen molar-refractivity contribution in [3.05, 3.63) is 30.1 Å². The van der Waals surface area contributed by atoms with E-state index in [4.69, 9.17) is 0 Å². The molecule has 2 aromatic carbocycles. The minimum absolute atomic E-state index is 0.102. The average Bonchev–Trinajstić information content (AvgIpc) is 2.78. The Morgan fingerprint density at radius 3 is 2.63 bits per heavy atom. The molecule has 0 saturated carbocycles. The third kappa shape index (κ3) is 3.91. The Morgan fingerprint density at radius 2 is 2.04 bits per heavy atom. The summed E-state index contributed by atoms with van der Waals surface area (Å²) in [6, 6.07) is 5.91. The molecule has 0 unspecified atom stereocenters. The van der Waals surface area contributed by atoms with Crippen molar-refractivity contribution in [2.45, 2.75) is 25.9 Å². The van der Waals surface area contributed by atoms with E-state index < -0.39 is 45.5 Å². The van der Waals surface area contributed by atoms with E-state index in [1.807, 2.05) is 0 Å². The second-order valence-corrected chi connectivity index (χ2v) is 8.62. The summed E-state index contributed by atoms with van der Waals surface area (Å²) >= 11 is 0. The lowest BCUT2D eigenvalue weighted by molar-refractivity contribution is -0.117. The Hall–Kier alpha value is -2.59. The van der Waals surface area contributed by atoms with Crippen LogP contribution in [0.3, 0.4) is 0 Å². The molecule has 146 valence electrons. The summed E-state index contributed by atoms with van der Waals surface area (Å²) in [4.78, 5) is 11.4. The van der Waals surface area contributed by atoms with E-state index in [1.54, 1.807) is 30.7 Å². The zero-order valence-corrected chi connectivity index (χ0v) is 15.6. The number of amides is 1. The first-order valence-electron chi connectivity index (χ1n) is 8.23. The van der Waals surface area contributed by atoms with E-state index >= 15 is 0 Å². The molecule has 0 atom stereocenters. The van der Waals surface area contributed by atoms with Crippen LogP contribution in [-0.2, 0) is 15.0 Å². The van der Waals surface area contributed by atoms with Gasteiger partial charge in [0.25, 0.3) is 5.91 Å². The number of fused-ring (bicyclic) bond motifs is 1. The van der Waals surface area contributed by atoms with Crippen LogP contribution in [0.2, 0.25) is 0 Å². The molecule has 0 radical (unpaired) electrons. The summed E-state index contributed by atoms with van der Waals surface area (Å²) in [7, 11) is -4.24. The van der Waals surface area contributed by atoms with Crippen molar-refractivity contribution in [3.63, 3.8) is 0 Å². The smallest absolute Gasteiger partial charge is 0.326 e. The fraction of sp³-hybridized carbons (Fsp3) is 0.353. The number of halogens is 1. The van der Waals surface area contributed by atoms with Gasteiger partial charge in [0, 0.05) is 17.6 Å². The first-order chi connectivity index (χ1) is 12.5. The third-order valence-corrected chi connectivity index (χ3v) is 5.54. The molecule has 10 heteroatoms. The first-order valence-corrected chi connectivity index (χ1v) is 9.67. The molecule has 4 N–H and O–H groups in total. The maximum Gasteiger partial charge on any atom is 0.326 e. The Bertz CT molecular complexity index is 1020. The molecule has 1 aliphatic heterocycles. The SMILES string of the molecule is CC(C)(O)CCNc1ccc2c(F)c(N3CC(=O)NS3(=O)=O)c(O)cc2c1. The van der Waals surface area contributed by atoms with Gasteiger partial charge in [0.1, 0.15) is 18.0 Å². The van der Waals surface area contributed by atoms with Crippen LogP contribution in [0.1, 0.15) is 20.3 Å². The standard InChI is InChI=1S/C17H20FN3O5S/c1-17(2,24)5-6-19-11-3-4-12-10(7-11)8-13(22)16(15(12)18)21-9-14(23)20-27(21,25)26/h3-4,7-8,19,22,24H,5-6,9H2,1-2H3,(H,20,23). The van der Waals surface area contributed by atoms with Gasteiger partial charge in [-0.1, -0.05) is 0 Å². The van der Waals surface area contributed by atoms with E-state index in [0.717, 1.165) is 0 Å². The number of anilines is 2. The number of carbonyl (C=O) groups excluding carboxylic acids is 1. The number of rotatable bonds is 5. The quantitative estimate of drug-likeness (QED) is 0.606. The van der Waals surface area contributed by atoms with Gasteiger partial charge in [-0.3, -0.25) is 4.79 Å². The molecule has 27 heavy (non-hydrogen) atoms. The maximum absolute atomic E-state index is 14.9. The Balaban J connectivity index is 1.96. The molecule has 1 heterocycles. The number of aliphatic hydroxyl groups is 1. The molecule has 8 nitrogen and oxygen atoms in total. The highest BCUT2D eigenvalue weighted by molar-refractivity contribution is 7.92. The number of hydrogen-bond donors (Lipinski definition) is 4. The molecule has 2 aromatic rings. The molecular weight excluding hydrogens is 377 g/mol. The van der Waals surface area contributed by atoms with Crippen LogP contribution in [0.25, 0.3) is 10.8 Å². The minimum atomic E-state index is -4.24. The van der Waals surface area contributed by atoms with Crippen LogP contribution in [0.15, 0.2) is 24.3 Å². The normalized spacial score (nSPS) is 16.6. The number of benzene rings is 2. The van der Waals surface area contributed by atoms with Crippen LogP contribution < -0.4 is 14.3 Å². The van der Waals surface area contributed by atoms with E-state index in [9.17, 15) is 27.8 Å². The van der Waals surface area contributed by atoms with Gasteiger partial charge in [-0.05, 0) is 49.9 Å². The molecule has 1 fully saturated rings. The Morgan fingerprint density at radius 1 is 1.33 bits per heavy atom. The predicted molar refractivity (Wildman–Crippen MR) is 99.4 cm³/mol. The molecule has 0 aliphatic carbocycles. The van der Waals surface area contributed by atoms with Gasteiger partial charge in [0.2, 0.25) is 0 Å². The number of phenolic OH excluding ortho intramolecular Hbond substituents is 1. The zero-order valence-electron chi connectivity index (χ0n) is 14.8. The van der Waals surface area contributed by atoms with Crippen LogP contribution in [0.5, 0.6) is 5.75 Å². The molecule has 0 spiro atoms. The van der Waals surface area contributed by atoms with Gasteiger partial charge in [-0.25, -0.2) is 13.4 Å². The fourth-order valence-corrected chi connectivity index (χ4v) is 4.01. The highest BCUT2D eigenvalue weighted by Crippen LogP contribution is 2.38. The van der Waals surface area contributed by atoms with Crippen molar-refractivity contribution in [2.75, 3.05) is 22.7 Å². The molecule has 1 saturated heterocycles. The van der Waals surface area contributed by atoms with E-state index in [1.165, 1.54) is 12.1 Å². The summed E-state index contributed by atoms with van der Waals surface area (Å²) in [6.45, 7) is 3.27. The molecule has 1 amide bonds. The lowest BCUT2D eigenvalue weighted by atomic mass is 10.1. The summed E-state index contributed by atoms with van der Waals surface area (Å²) < 4.78 is 41.1. The number of phenols is 1. The van der Waals surface area contributed by atoms with Crippen molar-refractivity contribution >= 4 is 38.3 Å². The number of aromatic hydroxyl groups is 1. The van der Waals surface area contributed by atoms with Gasteiger partial charge >= 0.3 is 10.2 Å². The molecular formula is C17H20FN3O5S. The van der Waals surface area contributed by atoms with Gasteiger partial charge in [-0.2, -0.15) is 8.42 Å². The third-order valence-electron chi connectivity index (χ3n) is 4.17. The number of carbonyl (C=O) groups is 1. The Labute approximate surface area is 155 Å². The van der Waals surface area contributed by atoms with Gasteiger partial charge in [-0.15, -0.1) is 0 Å². The van der Waals surface area contributed by atoms with Crippen LogP contribution in [0, 0.1) is 5.82 Å². The summed E-state index contributed by atoms with van der Waals surface area (Å²) in [5, 5.41) is 23.5. The number of nitrogens with zero attached hydrogens (tertiary/aromatic N) is 1. The second-order valence-electron chi connectivity index (χ2n) is 7.02. The lowest BCUT2D eigenvalue weighted by Gasteiger charge is -2.19. The van der Waals surface area contributed by atoms with Gasteiger partial charge in [0.15, 0.2) is 5.82 Å². The second kappa shape index (κ2) is 6.54. The topological polar surface area (TPSA) is 119 Å². The zero-order chi connectivity index (χ0) is 20.0. The predicted octanol–water partition coefficient (Wildman–Crippen LogP) is 1.44. The first kappa shape index (κ1) is 19.2.